The third-order valence-corrected chi connectivity index (χ3v) is 6.91. The van der Waals surface area contributed by atoms with E-state index >= 15 is 0 Å². The van der Waals surface area contributed by atoms with E-state index in [1.807, 2.05) is 32.9 Å². The van der Waals surface area contributed by atoms with Crippen LogP contribution in [0.4, 0.5) is 0 Å². The van der Waals surface area contributed by atoms with Gasteiger partial charge < -0.3 is 5.32 Å². The molecule has 0 radical (unpaired) electrons. The highest BCUT2D eigenvalue weighted by Gasteiger charge is 2.33. The Kier molecular flexibility index (Phi) is 4.32. The molecule has 22 heavy (non-hydrogen) atoms. The quantitative estimate of drug-likeness (QED) is 0.927. The summed E-state index contributed by atoms with van der Waals surface area (Å²) in [4.78, 5) is 0.506. The second kappa shape index (κ2) is 5.95. The van der Waals surface area contributed by atoms with Gasteiger partial charge in [0.15, 0.2) is 0 Å². The lowest BCUT2D eigenvalue weighted by atomic mass is 10.1. The van der Waals surface area contributed by atoms with Gasteiger partial charge in [0.05, 0.1) is 4.90 Å². The predicted molar refractivity (Wildman–Crippen MR) is 88.6 cm³/mol. The molecule has 0 aromatic heterocycles. The van der Waals surface area contributed by atoms with Gasteiger partial charge >= 0.3 is 0 Å². The van der Waals surface area contributed by atoms with Gasteiger partial charge in [-0.1, -0.05) is 17.7 Å². The third kappa shape index (κ3) is 3.21. The summed E-state index contributed by atoms with van der Waals surface area (Å²) in [6, 6.07) is 5.09. The maximum Gasteiger partial charge on any atom is 0.243 e. The maximum absolute atomic E-state index is 13.0. The fourth-order valence-electron chi connectivity index (χ4n) is 3.55. The first-order valence-corrected chi connectivity index (χ1v) is 9.66. The summed E-state index contributed by atoms with van der Waals surface area (Å²) >= 11 is 0. The van der Waals surface area contributed by atoms with Crippen LogP contribution in [0.5, 0.6) is 0 Å². The minimum atomic E-state index is -3.37. The van der Waals surface area contributed by atoms with Crippen LogP contribution < -0.4 is 5.32 Å². The minimum Gasteiger partial charge on any atom is -0.311 e. The average Bonchev–Trinajstić information content (AvgIpc) is 3.21. The van der Waals surface area contributed by atoms with Gasteiger partial charge in [0.1, 0.15) is 0 Å². The van der Waals surface area contributed by atoms with Gasteiger partial charge in [0.25, 0.3) is 0 Å². The van der Waals surface area contributed by atoms with Crippen LogP contribution in [0.3, 0.4) is 0 Å². The van der Waals surface area contributed by atoms with Crippen molar-refractivity contribution in [2.24, 2.45) is 0 Å². The number of piperidine rings is 1. The maximum atomic E-state index is 13.0. The molecule has 3 rings (SSSR count). The standard InChI is InChI=1S/C17H26N2O2S/c1-12-10-13(2)17(14(3)11-12)22(20,21)19-8-6-16(7-9-19)18-15-4-5-15/h10-11,15-16,18H,4-9H2,1-3H3. The summed E-state index contributed by atoms with van der Waals surface area (Å²) in [6.07, 6.45) is 4.39. The van der Waals surface area contributed by atoms with Gasteiger partial charge in [-0.05, 0) is 57.6 Å². The number of rotatable bonds is 4. The highest BCUT2D eigenvalue weighted by molar-refractivity contribution is 7.89. The summed E-state index contributed by atoms with van der Waals surface area (Å²) in [6.45, 7) is 7.05. The molecule has 1 aromatic rings. The molecule has 0 spiro atoms. The first kappa shape index (κ1) is 16.0. The van der Waals surface area contributed by atoms with E-state index in [9.17, 15) is 8.42 Å². The van der Waals surface area contributed by atoms with Crippen molar-refractivity contribution in [1.82, 2.24) is 9.62 Å². The zero-order chi connectivity index (χ0) is 15.9. The zero-order valence-electron chi connectivity index (χ0n) is 13.7. The molecule has 122 valence electrons. The van der Waals surface area contributed by atoms with Crippen molar-refractivity contribution >= 4 is 10.0 Å². The summed E-state index contributed by atoms with van der Waals surface area (Å²) < 4.78 is 27.6. The summed E-state index contributed by atoms with van der Waals surface area (Å²) in [5.74, 6) is 0. The molecule has 4 nitrogen and oxygen atoms in total. The number of hydrogen-bond acceptors (Lipinski definition) is 3. The van der Waals surface area contributed by atoms with E-state index in [0.29, 0.717) is 30.1 Å². The fourth-order valence-corrected chi connectivity index (χ4v) is 5.43. The molecule has 1 aliphatic carbocycles. The lowest BCUT2D eigenvalue weighted by Gasteiger charge is -2.32. The van der Waals surface area contributed by atoms with Crippen molar-refractivity contribution in [2.45, 2.75) is 63.4 Å². The molecular formula is C17H26N2O2S. The Balaban J connectivity index is 1.76. The molecule has 5 heteroatoms. The molecular weight excluding hydrogens is 296 g/mol. The van der Waals surface area contributed by atoms with Gasteiger partial charge in [0, 0.05) is 25.2 Å². The molecule has 0 atom stereocenters. The van der Waals surface area contributed by atoms with E-state index in [2.05, 4.69) is 5.32 Å². The highest BCUT2D eigenvalue weighted by atomic mass is 32.2. The summed E-state index contributed by atoms with van der Waals surface area (Å²) in [7, 11) is -3.37. The first-order chi connectivity index (χ1) is 10.4. The van der Waals surface area contributed by atoms with E-state index < -0.39 is 10.0 Å². The number of hydrogen-bond donors (Lipinski definition) is 1. The molecule has 1 aliphatic heterocycles. The van der Waals surface area contributed by atoms with Crippen molar-refractivity contribution < 1.29 is 8.42 Å². The molecule has 1 saturated heterocycles. The van der Waals surface area contributed by atoms with Crippen LogP contribution in [0, 0.1) is 20.8 Å². The zero-order valence-corrected chi connectivity index (χ0v) is 14.5. The van der Waals surface area contributed by atoms with Crippen molar-refractivity contribution in [3.63, 3.8) is 0 Å². The van der Waals surface area contributed by atoms with E-state index in [1.165, 1.54) is 12.8 Å². The number of benzene rings is 1. The number of nitrogens with zero attached hydrogens (tertiary/aromatic N) is 1. The first-order valence-electron chi connectivity index (χ1n) is 8.22. The van der Waals surface area contributed by atoms with Gasteiger partial charge in [-0.2, -0.15) is 4.31 Å². The molecule has 2 aliphatic rings. The van der Waals surface area contributed by atoms with Crippen LogP contribution in [0.15, 0.2) is 17.0 Å². The van der Waals surface area contributed by atoms with Crippen molar-refractivity contribution in [3.8, 4) is 0 Å². The van der Waals surface area contributed by atoms with E-state index in [1.54, 1.807) is 4.31 Å². The molecule has 1 N–H and O–H groups in total. The van der Waals surface area contributed by atoms with E-state index in [0.717, 1.165) is 29.5 Å². The largest absolute Gasteiger partial charge is 0.311 e. The second-order valence-corrected chi connectivity index (χ2v) is 8.72. The van der Waals surface area contributed by atoms with E-state index in [4.69, 9.17) is 0 Å². The lowest BCUT2D eigenvalue weighted by Crippen LogP contribution is -2.45. The predicted octanol–water partition coefficient (Wildman–Crippen LogP) is 2.52. The van der Waals surface area contributed by atoms with Crippen LogP contribution in [-0.4, -0.2) is 37.9 Å². The van der Waals surface area contributed by atoms with Gasteiger partial charge in [-0.15, -0.1) is 0 Å². The second-order valence-electron chi connectivity index (χ2n) is 6.85. The summed E-state index contributed by atoms with van der Waals surface area (Å²) in [5.41, 5.74) is 2.83. The van der Waals surface area contributed by atoms with Crippen LogP contribution >= 0.6 is 0 Å². The third-order valence-electron chi connectivity index (χ3n) is 4.71. The Morgan fingerprint density at radius 2 is 1.45 bits per heavy atom. The van der Waals surface area contributed by atoms with Crippen molar-refractivity contribution in [2.75, 3.05) is 13.1 Å². The molecule has 0 amide bonds. The Hall–Kier alpha value is -0.910. The Labute approximate surface area is 134 Å². The Morgan fingerprint density at radius 1 is 0.955 bits per heavy atom. The highest BCUT2D eigenvalue weighted by Crippen LogP contribution is 2.28. The van der Waals surface area contributed by atoms with Crippen molar-refractivity contribution in [1.29, 1.82) is 0 Å². The van der Waals surface area contributed by atoms with Gasteiger partial charge in [-0.25, -0.2) is 8.42 Å². The normalized spacial score (nSPS) is 21.2. The molecule has 0 bridgehead atoms. The average molecular weight is 322 g/mol. The van der Waals surface area contributed by atoms with Crippen LogP contribution in [0.25, 0.3) is 0 Å². The molecule has 1 saturated carbocycles. The Bertz CT molecular complexity index is 634. The Morgan fingerprint density at radius 3 is 1.95 bits per heavy atom. The number of aryl methyl sites for hydroxylation is 3. The monoisotopic (exact) mass is 322 g/mol. The molecule has 2 fully saturated rings. The minimum absolute atomic E-state index is 0.485. The van der Waals surface area contributed by atoms with Crippen molar-refractivity contribution in [3.05, 3.63) is 28.8 Å². The topological polar surface area (TPSA) is 49.4 Å². The fraction of sp³-hybridized carbons (Fsp3) is 0.647. The number of sulfonamides is 1. The van der Waals surface area contributed by atoms with E-state index in [-0.39, 0.29) is 0 Å². The SMILES string of the molecule is Cc1cc(C)c(S(=O)(=O)N2CCC(NC3CC3)CC2)c(C)c1. The summed E-state index contributed by atoms with van der Waals surface area (Å²) in [5, 5.41) is 3.61. The van der Waals surface area contributed by atoms with Gasteiger partial charge in [-0.3, -0.25) is 0 Å². The molecule has 1 heterocycles. The van der Waals surface area contributed by atoms with Crippen LogP contribution in [-0.2, 0) is 10.0 Å². The smallest absolute Gasteiger partial charge is 0.243 e. The lowest BCUT2D eigenvalue weighted by molar-refractivity contribution is 0.288. The number of nitrogens with one attached hydrogen (secondary N) is 1. The molecule has 1 aromatic carbocycles. The molecule has 0 unspecified atom stereocenters. The van der Waals surface area contributed by atoms with Crippen LogP contribution in [0.1, 0.15) is 42.4 Å². The van der Waals surface area contributed by atoms with Gasteiger partial charge in [0.2, 0.25) is 10.0 Å². The van der Waals surface area contributed by atoms with Crippen LogP contribution in [0.2, 0.25) is 0 Å².